The third-order valence-electron chi connectivity index (χ3n) is 6.74. The molecule has 1 saturated carbocycles. The third-order valence-corrected chi connectivity index (χ3v) is 6.74. The highest BCUT2D eigenvalue weighted by Crippen LogP contribution is 2.47. The van der Waals surface area contributed by atoms with Crippen molar-refractivity contribution in [2.45, 2.75) is 55.4 Å². The van der Waals surface area contributed by atoms with Crippen molar-refractivity contribution >= 4 is 11.9 Å². The Morgan fingerprint density at radius 3 is 2.30 bits per heavy atom. The number of nitrogens with one attached hydrogen (secondary N) is 1. The number of hydrogen-bond donors (Lipinski definition) is 2. The van der Waals surface area contributed by atoms with E-state index in [0.29, 0.717) is 45.4 Å². The Bertz CT molecular complexity index is 790. The van der Waals surface area contributed by atoms with Crippen molar-refractivity contribution in [3.8, 4) is 0 Å². The molecule has 2 atom stereocenters. The summed E-state index contributed by atoms with van der Waals surface area (Å²) in [5.41, 5.74) is 0.489. The zero-order valence-electron chi connectivity index (χ0n) is 16.6. The Kier molecular flexibility index (Phi) is 5.52. The lowest BCUT2D eigenvalue weighted by molar-refractivity contribution is -0.190. The summed E-state index contributed by atoms with van der Waals surface area (Å²) in [5, 5.41) is 12.3. The van der Waals surface area contributed by atoms with Gasteiger partial charge < -0.3 is 15.3 Å². The number of piperidine rings is 1. The predicted molar refractivity (Wildman–Crippen MR) is 103 cm³/mol. The monoisotopic (exact) mass is 425 g/mol. The normalized spacial score (nSPS) is 26.6. The summed E-state index contributed by atoms with van der Waals surface area (Å²) < 4.78 is 40.1. The van der Waals surface area contributed by atoms with Crippen LogP contribution in [-0.2, 0) is 9.59 Å². The van der Waals surface area contributed by atoms with Crippen molar-refractivity contribution in [3.05, 3.63) is 35.9 Å². The van der Waals surface area contributed by atoms with Gasteiger partial charge in [0.25, 0.3) is 0 Å². The van der Waals surface area contributed by atoms with Gasteiger partial charge in [-0.2, -0.15) is 13.2 Å². The number of carboxylic acid groups (broad SMARTS) is 1. The van der Waals surface area contributed by atoms with Gasteiger partial charge in [-0.25, -0.2) is 0 Å². The average Bonchev–Trinajstić information content (AvgIpc) is 3.46. The number of nitrogens with zero attached hydrogens (tertiary/aromatic N) is 2. The minimum Gasteiger partial charge on any atom is -0.481 e. The lowest BCUT2D eigenvalue weighted by atomic mass is 9.84. The van der Waals surface area contributed by atoms with Crippen molar-refractivity contribution in [2.75, 3.05) is 26.2 Å². The van der Waals surface area contributed by atoms with Gasteiger partial charge in [0.2, 0.25) is 0 Å². The maximum absolute atomic E-state index is 13.4. The van der Waals surface area contributed by atoms with Crippen LogP contribution < -0.4 is 5.32 Å². The average molecular weight is 425 g/mol. The maximum Gasteiger partial charge on any atom is 0.471 e. The number of carboxylic acids is 1. The number of alkyl halides is 3. The molecular weight excluding hydrogens is 399 g/mol. The van der Waals surface area contributed by atoms with Crippen LogP contribution in [-0.4, -0.2) is 76.8 Å². The maximum atomic E-state index is 13.4. The number of aliphatic carboxylic acids is 1. The van der Waals surface area contributed by atoms with Crippen LogP contribution in [0, 0.1) is 0 Å². The van der Waals surface area contributed by atoms with Crippen molar-refractivity contribution < 1.29 is 27.9 Å². The molecule has 4 rings (SSSR count). The Morgan fingerprint density at radius 1 is 1.17 bits per heavy atom. The Morgan fingerprint density at radius 2 is 1.80 bits per heavy atom. The van der Waals surface area contributed by atoms with Crippen LogP contribution in [0.3, 0.4) is 0 Å². The Hall–Kier alpha value is -2.13. The topological polar surface area (TPSA) is 72.9 Å². The summed E-state index contributed by atoms with van der Waals surface area (Å²) in [6.45, 7) is 2.11. The molecule has 30 heavy (non-hydrogen) atoms. The standard InChI is InChI=1S/C21H26F3N3O3/c22-21(23,24)19(30)27(17-10-16(17)14-4-2-1-3-5-14)15-6-8-26(9-7-15)20(11-18(28)29)12-25-13-20/h1-5,15-17,25H,6-13H2,(H,28,29)/t16?,17-/m1/s1. The van der Waals surface area contributed by atoms with Crippen molar-refractivity contribution in [1.29, 1.82) is 0 Å². The second-order valence-corrected chi connectivity index (χ2v) is 8.65. The fourth-order valence-corrected chi connectivity index (χ4v) is 5.05. The van der Waals surface area contributed by atoms with E-state index in [1.165, 1.54) is 0 Å². The van der Waals surface area contributed by atoms with E-state index >= 15 is 0 Å². The molecule has 164 valence electrons. The molecule has 2 N–H and O–H groups in total. The van der Waals surface area contributed by atoms with E-state index in [2.05, 4.69) is 10.2 Å². The molecule has 1 unspecified atom stereocenters. The zero-order valence-corrected chi connectivity index (χ0v) is 16.6. The lowest BCUT2D eigenvalue weighted by Gasteiger charge is -2.53. The summed E-state index contributed by atoms with van der Waals surface area (Å²) >= 11 is 0. The van der Waals surface area contributed by atoms with E-state index in [4.69, 9.17) is 0 Å². The van der Waals surface area contributed by atoms with Gasteiger partial charge in [0.1, 0.15) is 0 Å². The molecule has 0 bridgehead atoms. The van der Waals surface area contributed by atoms with Gasteiger partial charge in [0, 0.05) is 44.2 Å². The lowest BCUT2D eigenvalue weighted by Crippen LogP contribution is -2.71. The van der Waals surface area contributed by atoms with Gasteiger partial charge in [0.05, 0.1) is 12.0 Å². The SMILES string of the molecule is O=C(O)CC1(N2CCC(N(C(=O)C(F)(F)F)[C@@H]3CC3c3ccccc3)CC2)CNC1. The number of hydrogen-bond acceptors (Lipinski definition) is 4. The first-order valence-electron chi connectivity index (χ1n) is 10.3. The van der Waals surface area contributed by atoms with E-state index in [9.17, 15) is 27.9 Å². The minimum atomic E-state index is -4.90. The summed E-state index contributed by atoms with van der Waals surface area (Å²) in [7, 11) is 0. The molecule has 3 aliphatic rings. The number of carbonyl (C=O) groups is 2. The molecule has 6 nitrogen and oxygen atoms in total. The zero-order chi connectivity index (χ0) is 21.5. The second-order valence-electron chi connectivity index (χ2n) is 8.65. The first kappa shape index (κ1) is 21.1. The molecule has 2 aliphatic heterocycles. The summed E-state index contributed by atoms with van der Waals surface area (Å²) in [5.74, 6) is -2.70. The van der Waals surface area contributed by atoms with Gasteiger partial charge in [0.15, 0.2) is 0 Å². The first-order chi connectivity index (χ1) is 14.2. The van der Waals surface area contributed by atoms with Crippen molar-refractivity contribution in [1.82, 2.24) is 15.1 Å². The number of benzene rings is 1. The van der Waals surface area contributed by atoms with Gasteiger partial charge in [-0.1, -0.05) is 30.3 Å². The third kappa shape index (κ3) is 4.05. The fraction of sp³-hybridized carbons (Fsp3) is 0.619. The van der Waals surface area contributed by atoms with Crippen molar-refractivity contribution in [2.24, 2.45) is 0 Å². The van der Waals surface area contributed by atoms with E-state index in [1.807, 2.05) is 30.3 Å². The molecule has 9 heteroatoms. The van der Waals surface area contributed by atoms with E-state index < -0.39 is 35.7 Å². The minimum absolute atomic E-state index is 0.00850. The molecule has 1 aromatic rings. The molecule has 1 amide bonds. The highest BCUT2D eigenvalue weighted by atomic mass is 19.4. The van der Waals surface area contributed by atoms with Gasteiger partial charge >= 0.3 is 18.1 Å². The summed E-state index contributed by atoms with van der Waals surface area (Å²) in [6, 6.07) is 8.44. The van der Waals surface area contributed by atoms with E-state index in [0.717, 1.165) is 10.5 Å². The molecule has 0 radical (unpaired) electrons. The van der Waals surface area contributed by atoms with Gasteiger partial charge in [-0.3, -0.25) is 14.5 Å². The first-order valence-corrected chi connectivity index (χ1v) is 10.3. The van der Waals surface area contributed by atoms with Crippen LogP contribution in [0.2, 0.25) is 0 Å². The summed E-state index contributed by atoms with van der Waals surface area (Å²) in [4.78, 5) is 26.7. The van der Waals surface area contributed by atoms with Crippen LogP contribution in [0.25, 0.3) is 0 Å². The number of rotatable bonds is 6. The van der Waals surface area contributed by atoms with Crippen molar-refractivity contribution in [3.63, 3.8) is 0 Å². The molecule has 1 aromatic carbocycles. The molecular formula is C21H26F3N3O3. The smallest absolute Gasteiger partial charge is 0.471 e. The summed E-state index contributed by atoms with van der Waals surface area (Å²) in [6.07, 6.45) is -3.51. The van der Waals surface area contributed by atoms with Crippen LogP contribution in [0.5, 0.6) is 0 Å². The molecule has 2 heterocycles. The Balaban J connectivity index is 1.46. The highest BCUT2D eigenvalue weighted by Gasteiger charge is 2.55. The predicted octanol–water partition coefficient (Wildman–Crippen LogP) is 2.21. The van der Waals surface area contributed by atoms with Crippen LogP contribution in [0.15, 0.2) is 30.3 Å². The number of amides is 1. The molecule has 0 aromatic heterocycles. The van der Waals surface area contributed by atoms with Gasteiger partial charge in [-0.15, -0.1) is 0 Å². The quantitative estimate of drug-likeness (QED) is 0.731. The van der Waals surface area contributed by atoms with Gasteiger partial charge in [-0.05, 0) is 24.8 Å². The highest BCUT2D eigenvalue weighted by molar-refractivity contribution is 5.83. The Labute approximate surface area is 173 Å². The molecule has 1 aliphatic carbocycles. The molecule has 2 saturated heterocycles. The number of likely N-dealkylation sites (tertiary alicyclic amines) is 1. The number of carbonyl (C=O) groups excluding carboxylic acids is 1. The van der Waals surface area contributed by atoms with Crippen LogP contribution in [0.1, 0.15) is 37.2 Å². The fourth-order valence-electron chi connectivity index (χ4n) is 5.05. The van der Waals surface area contributed by atoms with Crippen LogP contribution in [0.4, 0.5) is 13.2 Å². The molecule has 0 spiro atoms. The second kappa shape index (κ2) is 7.85. The van der Waals surface area contributed by atoms with Crippen LogP contribution >= 0.6 is 0 Å². The largest absolute Gasteiger partial charge is 0.481 e. The van der Waals surface area contributed by atoms with E-state index in [-0.39, 0.29) is 12.3 Å². The molecule has 3 fully saturated rings. The van der Waals surface area contributed by atoms with E-state index in [1.54, 1.807) is 0 Å². The number of halogens is 3.